The van der Waals surface area contributed by atoms with Crippen molar-refractivity contribution < 1.29 is 36.9 Å². The first-order valence-corrected chi connectivity index (χ1v) is 9.30. The van der Waals surface area contributed by atoms with Gasteiger partial charge in [-0.15, -0.1) is 0 Å². The van der Waals surface area contributed by atoms with E-state index in [2.05, 4.69) is 38.3 Å². The van der Waals surface area contributed by atoms with Gasteiger partial charge in [0.25, 0.3) is 0 Å². The van der Waals surface area contributed by atoms with Crippen molar-refractivity contribution in [2.75, 3.05) is 13.1 Å². The van der Waals surface area contributed by atoms with E-state index in [0.29, 0.717) is 24.9 Å². The Hall–Kier alpha value is -0.941. The Morgan fingerprint density at radius 3 is 1.28 bits per heavy atom. The molecule has 0 aliphatic rings. The summed E-state index contributed by atoms with van der Waals surface area (Å²) in [5.41, 5.74) is 0. The van der Waals surface area contributed by atoms with Crippen molar-refractivity contribution in [2.45, 2.75) is 79.1 Å². The molecule has 6 nitrogen and oxygen atoms in total. The van der Waals surface area contributed by atoms with E-state index < -0.39 is 12.2 Å². The second kappa shape index (κ2) is 21.1. The fourth-order valence-electron chi connectivity index (χ4n) is 2.34. The summed E-state index contributed by atoms with van der Waals surface area (Å²) in [5.74, 6) is 0.950. The second-order valence-electron chi connectivity index (χ2n) is 6.17. The Balaban J connectivity index is -0.000000372. The molecule has 0 saturated heterocycles. The van der Waals surface area contributed by atoms with Crippen LogP contribution in [0.1, 0.15) is 79.1 Å². The van der Waals surface area contributed by atoms with E-state index in [9.17, 15) is 19.8 Å². The summed E-state index contributed by atoms with van der Waals surface area (Å²) in [6.45, 7) is 9.52. The summed E-state index contributed by atoms with van der Waals surface area (Å²) in [5, 5.41) is 24.8. The van der Waals surface area contributed by atoms with Crippen molar-refractivity contribution >= 4 is 12.2 Å². The zero-order valence-corrected chi connectivity index (χ0v) is 17.4. The largest absolute Gasteiger partial charge is 2.00 e. The van der Waals surface area contributed by atoms with Crippen LogP contribution in [0, 0.1) is 11.8 Å². The third kappa shape index (κ3) is 23.1. The monoisotopic (exact) mass is 399 g/mol. The normalized spacial score (nSPS) is 12.0. The molecule has 0 aromatic carbocycles. The maximum Gasteiger partial charge on any atom is 2.00 e. The van der Waals surface area contributed by atoms with Crippen molar-refractivity contribution in [1.82, 2.24) is 10.6 Å². The second-order valence-corrected chi connectivity index (χ2v) is 6.17. The van der Waals surface area contributed by atoms with Gasteiger partial charge in [-0.3, -0.25) is 0 Å². The quantitative estimate of drug-likeness (QED) is 0.491. The van der Waals surface area contributed by atoms with Crippen LogP contribution < -0.4 is 20.8 Å². The summed E-state index contributed by atoms with van der Waals surface area (Å²) in [6.07, 6.45) is 6.63. The predicted octanol–water partition coefficient (Wildman–Crippen LogP) is 2.27. The Bertz CT molecular complexity index is 287. The van der Waals surface area contributed by atoms with E-state index >= 15 is 0 Å². The molecule has 0 bridgehead atoms. The van der Waals surface area contributed by atoms with Crippen LogP contribution in [0.4, 0.5) is 9.59 Å². The fourth-order valence-corrected chi connectivity index (χ4v) is 2.34. The van der Waals surface area contributed by atoms with E-state index in [-0.39, 0.29) is 17.1 Å². The van der Waals surface area contributed by atoms with Gasteiger partial charge in [0, 0.05) is 13.1 Å². The van der Waals surface area contributed by atoms with E-state index in [1.165, 1.54) is 25.7 Å². The molecule has 25 heavy (non-hydrogen) atoms. The molecule has 1 radical (unpaired) electrons. The van der Waals surface area contributed by atoms with Crippen LogP contribution in [-0.2, 0) is 17.1 Å². The molecule has 0 aromatic heterocycles. The molecule has 0 fully saturated rings. The van der Waals surface area contributed by atoms with Crippen LogP contribution in [0.25, 0.3) is 0 Å². The number of unbranched alkanes of at least 4 members (excludes halogenated alkanes) is 2. The molecular weight excluding hydrogens is 363 g/mol. The van der Waals surface area contributed by atoms with Gasteiger partial charge in [-0.1, -0.05) is 66.2 Å². The van der Waals surface area contributed by atoms with Crippen LogP contribution in [0.15, 0.2) is 0 Å². The van der Waals surface area contributed by atoms with Crippen molar-refractivity contribution in [3.05, 3.63) is 0 Å². The van der Waals surface area contributed by atoms with Crippen LogP contribution >= 0.6 is 0 Å². The van der Waals surface area contributed by atoms with Gasteiger partial charge in [-0.2, -0.15) is 0 Å². The molecule has 149 valence electrons. The van der Waals surface area contributed by atoms with Gasteiger partial charge in [0.15, 0.2) is 0 Å². The van der Waals surface area contributed by atoms with Crippen molar-refractivity contribution in [1.29, 1.82) is 0 Å². The van der Waals surface area contributed by atoms with Crippen LogP contribution in [-0.4, -0.2) is 25.3 Å². The van der Waals surface area contributed by atoms with Gasteiger partial charge in [-0.05, 0) is 24.7 Å². The number of hydrogen-bond acceptors (Lipinski definition) is 4. The maximum absolute atomic E-state index is 10.1. The molecule has 0 aliphatic carbocycles. The van der Waals surface area contributed by atoms with Gasteiger partial charge >= 0.3 is 17.1 Å². The molecule has 2 amide bonds. The number of carbonyl (C=O) groups excluding carboxylic acids is 2. The van der Waals surface area contributed by atoms with Gasteiger partial charge < -0.3 is 30.4 Å². The van der Waals surface area contributed by atoms with E-state index in [1.807, 2.05) is 0 Å². The van der Waals surface area contributed by atoms with Gasteiger partial charge in [-0.25, -0.2) is 0 Å². The molecule has 0 saturated carbocycles. The Morgan fingerprint density at radius 1 is 0.760 bits per heavy atom. The van der Waals surface area contributed by atoms with E-state index in [1.54, 1.807) is 0 Å². The van der Waals surface area contributed by atoms with Crippen molar-refractivity contribution in [3.8, 4) is 0 Å². The van der Waals surface area contributed by atoms with E-state index in [4.69, 9.17) is 0 Å². The number of hydrogen-bond donors (Lipinski definition) is 2. The molecule has 0 spiro atoms. The molecular formula is C18H36MnN2O4. The molecule has 0 aliphatic heterocycles. The van der Waals surface area contributed by atoms with Crippen LogP contribution in [0.5, 0.6) is 0 Å². The number of amides is 2. The molecule has 0 aromatic rings. The molecule has 0 heterocycles. The summed E-state index contributed by atoms with van der Waals surface area (Å²) in [4.78, 5) is 20.1. The number of carboxylic acid groups (broad SMARTS) is 2. The maximum atomic E-state index is 10.1. The zero-order valence-electron chi connectivity index (χ0n) is 16.2. The predicted molar refractivity (Wildman–Crippen MR) is 93.4 cm³/mol. The summed E-state index contributed by atoms with van der Waals surface area (Å²) in [6, 6.07) is 0. The summed E-state index contributed by atoms with van der Waals surface area (Å²) < 4.78 is 0. The number of nitrogens with one attached hydrogen (secondary N) is 2. The third-order valence-corrected chi connectivity index (χ3v) is 4.16. The number of rotatable bonds is 12. The first kappa shape index (κ1) is 28.8. The first-order valence-electron chi connectivity index (χ1n) is 9.30. The average molecular weight is 399 g/mol. The summed E-state index contributed by atoms with van der Waals surface area (Å²) >= 11 is 0. The Morgan fingerprint density at radius 2 is 1.08 bits per heavy atom. The standard InChI is InChI=1S/2C9H19NO2.Mn/c2*1-3-5-6-8(4-2)7-10-9(11)12;/h2*8,10H,3-7H2,1-2H3,(H,11,12);/q;;+2/p-2. The first-order chi connectivity index (χ1) is 11.4. The van der Waals surface area contributed by atoms with E-state index in [0.717, 1.165) is 25.7 Å². The fraction of sp³-hybridized carbons (Fsp3) is 0.889. The smallest absolute Gasteiger partial charge is 0.530 e. The molecule has 2 atom stereocenters. The third-order valence-electron chi connectivity index (χ3n) is 4.16. The van der Waals surface area contributed by atoms with Crippen LogP contribution in [0.2, 0.25) is 0 Å². The minimum absolute atomic E-state index is 0. The van der Waals surface area contributed by atoms with Gasteiger partial charge in [0.2, 0.25) is 0 Å². The minimum atomic E-state index is -1.16. The minimum Gasteiger partial charge on any atom is -0.530 e. The van der Waals surface area contributed by atoms with Crippen molar-refractivity contribution in [2.24, 2.45) is 11.8 Å². The van der Waals surface area contributed by atoms with Gasteiger partial charge in [0.05, 0.1) is 0 Å². The number of carbonyl (C=O) groups is 2. The molecule has 0 rings (SSSR count). The topological polar surface area (TPSA) is 104 Å². The molecule has 2 unspecified atom stereocenters. The average Bonchev–Trinajstić information content (AvgIpc) is 2.55. The summed E-state index contributed by atoms with van der Waals surface area (Å²) in [7, 11) is 0. The SMILES string of the molecule is CCCCC(CC)CNC(=O)[O-].CCCCC(CC)CNC(=O)[O-].[Mn+2]. The molecule has 2 N–H and O–H groups in total. The van der Waals surface area contributed by atoms with Crippen molar-refractivity contribution in [3.63, 3.8) is 0 Å². The molecule has 7 heteroatoms. The Kier molecular flexibility index (Phi) is 24.3. The van der Waals surface area contributed by atoms with Gasteiger partial charge in [0.1, 0.15) is 12.2 Å². The van der Waals surface area contributed by atoms with Crippen LogP contribution in [0.3, 0.4) is 0 Å². The Labute approximate surface area is 164 Å². The zero-order chi connectivity index (χ0) is 18.8.